The first-order valence-corrected chi connectivity index (χ1v) is 9.65. The van der Waals surface area contributed by atoms with Gasteiger partial charge in [-0.05, 0) is 43.0 Å². The summed E-state index contributed by atoms with van der Waals surface area (Å²) in [5.41, 5.74) is 8.67. The van der Waals surface area contributed by atoms with E-state index in [-0.39, 0.29) is 24.2 Å². The van der Waals surface area contributed by atoms with Crippen LogP contribution in [0.15, 0.2) is 24.3 Å². The molecule has 8 heteroatoms. The third-order valence-electron chi connectivity index (χ3n) is 4.43. The van der Waals surface area contributed by atoms with E-state index < -0.39 is 0 Å². The zero-order chi connectivity index (χ0) is 19.4. The van der Waals surface area contributed by atoms with Crippen molar-refractivity contribution in [1.29, 1.82) is 0 Å². The molecule has 1 aliphatic rings. The van der Waals surface area contributed by atoms with Crippen molar-refractivity contribution in [3.05, 3.63) is 46.1 Å². The normalized spacial score (nSPS) is 13.2. The highest BCUT2D eigenvalue weighted by molar-refractivity contribution is 7.17. The summed E-state index contributed by atoms with van der Waals surface area (Å²) in [7, 11) is 0. The Labute approximate surface area is 161 Å². The molecule has 0 atom stereocenters. The summed E-state index contributed by atoms with van der Waals surface area (Å²) in [5, 5.41) is 3.48. The Morgan fingerprint density at radius 2 is 2.07 bits per heavy atom. The van der Waals surface area contributed by atoms with Gasteiger partial charge in [-0.1, -0.05) is 12.1 Å². The number of fused-ring (bicyclic) bond motifs is 1. The van der Waals surface area contributed by atoms with Crippen molar-refractivity contribution in [3.8, 4) is 0 Å². The molecule has 27 heavy (non-hydrogen) atoms. The zero-order valence-electron chi connectivity index (χ0n) is 15.1. The fourth-order valence-corrected chi connectivity index (χ4v) is 4.19. The number of nitrogens with zero attached hydrogens (tertiary/aromatic N) is 1. The summed E-state index contributed by atoms with van der Waals surface area (Å²) < 4.78 is 18.0. The molecule has 0 fully saturated rings. The van der Waals surface area contributed by atoms with Crippen LogP contribution in [0.4, 0.5) is 19.9 Å². The summed E-state index contributed by atoms with van der Waals surface area (Å²) >= 11 is 1.40. The van der Waals surface area contributed by atoms with Crippen LogP contribution < -0.4 is 11.1 Å². The molecule has 3 rings (SSSR count). The highest BCUT2D eigenvalue weighted by Crippen LogP contribution is 2.39. The van der Waals surface area contributed by atoms with Crippen LogP contribution in [-0.2, 0) is 28.9 Å². The van der Waals surface area contributed by atoms with E-state index in [0.29, 0.717) is 43.2 Å². The quantitative estimate of drug-likeness (QED) is 0.816. The van der Waals surface area contributed by atoms with Crippen molar-refractivity contribution in [2.75, 3.05) is 24.2 Å². The SMILES string of the molecule is CCOC(=O)N1CCc2c(sc(NC(=O)CCc3ccc(F)cc3)c2N)C1. The minimum atomic E-state index is -0.333. The molecule has 0 saturated carbocycles. The molecule has 1 aromatic heterocycles. The second-order valence-corrected chi connectivity index (χ2v) is 7.40. The largest absolute Gasteiger partial charge is 0.450 e. The molecular formula is C19H22FN3O3S. The first-order chi connectivity index (χ1) is 13.0. The number of rotatable bonds is 5. The molecule has 1 aliphatic heterocycles. The minimum Gasteiger partial charge on any atom is -0.450 e. The first kappa shape index (κ1) is 19.2. The number of thiophene rings is 1. The average Bonchev–Trinajstić information content (AvgIpc) is 2.96. The zero-order valence-corrected chi connectivity index (χ0v) is 15.9. The van der Waals surface area contributed by atoms with Crippen molar-refractivity contribution in [1.82, 2.24) is 4.90 Å². The van der Waals surface area contributed by atoms with Crippen LogP contribution in [0.1, 0.15) is 29.3 Å². The number of hydrogen-bond acceptors (Lipinski definition) is 5. The summed E-state index contributed by atoms with van der Waals surface area (Å²) in [6.45, 7) is 3.10. The molecule has 2 aromatic rings. The van der Waals surface area contributed by atoms with Gasteiger partial charge in [0.05, 0.1) is 18.8 Å². The lowest BCUT2D eigenvalue weighted by Gasteiger charge is -2.26. The minimum absolute atomic E-state index is 0.146. The number of hydrogen-bond donors (Lipinski definition) is 2. The van der Waals surface area contributed by atoms with E-state index in [9.17, 15) is 14.0 Å². The lowest BCUT2D eigenvalue weighted by molar-refractivity contribution is -0.116. The number of nitrogens with one attached hydrogen (secondary N) is 1. The Kier molecular flexibility index (Phi) is 5.95. The van der Waals surface area contributed by atoms with Crippen molar-refractivity contribution in [3.63, 3.8) is 0 Å². The van der Waals surface area contributed by atoms with Crippen LogP contribution in [0.2, 0.25) is 0 Å². The maximum atomic E-state index is 12.9. The van der Waals surface area contributed by atoms with Gasteiger partial charge in [0.1, 0.15) is 10.8 Å². The van der Waals surface area contributed by atoms with Crippen LogP contribution in [0, 0.1) is 5.82 Å². The third kappa shape index (κ3) is 4.57. The van der Waals surface area contributed by atoms with Gasteiger partial charge >= 0.3 is 6.09 Å². The molecule has 2 amide bonds. The Balaban J connectivity index is 1.60. The molecule has 2 heterocycles. The summed E-state index contributed by atoms with van der Waals surface area (Å²) in [6, 6.07) is 6.11. The lowest BCUT2D eigenvalue weighted by Crippen LogP contribution is -2.35. The van der Waals surface area contributed by atoms with Gasteiger partial charge < -0.3 is 20.7 Å². The molecule has 0 unspecified atom stereocenters. The predicted molar refractivity (Wildman–Crippen MR) is 103 cm³/mol. The van der Waals surface area contributed by atoms with Gasteiger partial charge in [-0.25, -0.2) is 9.18 Å². The van der Waals surface area contributed by atoms with Gasteiger partial charge in [0.15, 0.2) is 0 Å². The number of halogens is 1. The van der Waals surface area contributed by atoms with Crippen LogP contribution >= 0.6 is 11.3 Å². The molecule has 0 bridgehead atoms. The molecule has 1 aromatic carbocycles. The molecule has 0 radical (unpaired) electrons. The number of nitrogens with two attached hydrogens (primary N) is 1. The van der Waals surface area contributed by atoms with Crippen molar-refractivity contribution in [2.24, 2.45) is 0 Å². The maximum absolute atomic E-state index is 12.9. The van der Waals surface area contributed by atoms with E-state index in [1.807, 2.05) is 0 Å². The number of carbonyl (C=O) groups excluding carboxylic acids is 2. The third-order valence-corrected chi connectivity index (χ3v) is 5.58. The van der Waals surface area contributed by atoms with Gasteiger partial charge in [-0.3, -0.25) is 4.79 Å². The number of aryl methyl sites for hydroxylation is 1. The maximum Gasteiger partial charge on any atom is 0.410 e. The molecule has 6 nitrogen and oxygen atoms in total. The van der Waals surface area contributed by atoms with E-state index in [1.165, 1.54) is 23.5 Å². The van der Waals surface area contributed by atoms with E-state index in [0.717, 1.165) is 16.0 Å². The molecule has 0 aliphatic carbocycles. The number of ether oxygens (including phenoxy) is 1. The predicted octanol–water partition coefficient (Wildman–Crippen LogP) is 3.56. The van der Waals surface area contributed by atoms with Crippen LogP contribution in [0.3, 0.4) is 0 Å². The lowest BCUT2D eigenvalue weighted by atomic mass is 10.1. The van der Waals surface area contributed by atoms with E-state index in [4.69, 9.17) is 10.5 Å². The summed E-state index contributed by atoms with van der Waals surface area (Å²) in [4.78, 5) is 26.8. The number of benzene rings is 1. The second-order valence-electron chi connectivity index (χ2n) is 6.29. The van der Waals surface area contributed by atoms with Crippen molar-refractivity contribution >= 4 is 34.0 Å². The number of amides is 2. The first-order valence-electron chi connectivity index (χ1n) is 8.84. The molecule has 144 valence electrons. The molecule has 0 spiro atoms. The molecule has 0 saturated heterocycles. The van der Waals surface area contributed by atoms with E-state index >= 15 is 0 Å². The van der Waals surface area contributed by atoms with Gasteiger partial charge in [-0.2, -0.15) is 0 Å². The standard InChI is InChI=1S/C19H22FN3O3S/c1-2-26-19(25)23-10-9-14-15(11-23)27-18(17(14)21)22-16(24)8-5-12-3-6-13(20)7-4-12/h3-4,6-7H,2,5,8-11,21H2,1H3,(H,22,24). The molecule has 3 N–H and O–H groups in total. The monoisotopic (exact) mass is 391 g/mol. The van der Waals surface area contributed by atoms with Gasteiger partial charge in [0.25, 0.3) is 0 Å². The topological polar surface area (TPSA) is 84.7 Å². The van der Waals surface area contributed by atoms with Crippen molar-refractivity contribution < 1.29 is 18.7 Å². The van der Waals surface area contributed by atoms with Gasteiger partial charge in [-0.15, -0.1) is 11.3 Å². The highest BCUT2D eigenvalue weighted by Gasteiger charge is 2.27. The van der Waals surface area contributed by atoms with E-state index in [1.54, 1.807) is 24.0 Å². The summed E-state index contributed by atoms with van der Waals surface area (Å²) in [5.74, 6) is -0.441. The Hall–Kier alpha value is -2.61. The second kappa shape index (κ2) is 8.39. The highest BCUT2D eigenvalue weighted by atomic mass is 32.1. The van der Waals surface area contributed by atoms with Crippen LogP contribution in [-0.4, -0.2) is 30.1 Å². The van der Waals surface area contributed by atoms with Crippen LogP contribution in [0.25, 0.3) is 0 Å². The van der Waals surface area contributed by atoms with Crippen molar-refractivity contribution in [2.45, 2.75) is 32.7 Å². The smallest absolute Gasteiger partial charge is 0.410 e. The Morgan fingerprint density at radius 3 is 2.78 bits per heavy atom. The Morgan fingerprint density at radius 1 is 1.33 bits per heavy atom. The fourth-order valence-electron chi connectivity index (χ4n) is 2.99. The molecular weight excluding hydrogens is 369 g/mol. The fraction of sp³-hybridized carbons (Fsp3) is 0.368. The number of carbonyl (C=O) groups is 2. The average molecular weight is 391 g/mol. The van der Waals surface area contributed by atoms with Crippen LogP contribution in [0.5, 0.6) is 0 Å². The van der Waals surface area contributed by atoms with E-state index in [2.05, 4.69) is 5.32 Å². The van der Waals surface area contributed by atoms with Gasteiger partial charge in [0, 0.05) is 17.8 Å². The number of anilines is 2. The summed E-state index contributed by atoms with van der Waals surface area (Å²) in [6.07, 6.45) is 1.11. The van der Waals surface area contributed by atoms with Gasteiger partial charge in [0.2, 0.25) is 5.91 Å². The Bertz CT molecular complexity index is 835. The number of nitrogen functional groups attached to an aromatic ring is 1.